The lowest BCUT2D eigenvalue weighted by Gasteiger charge is -2.26. The van der Waals surface area contributed by atoms with E-state index in [-0.39, 0.29) is 0 Å². The largest absolute Gasteiger partial charge is 0.319 e. The van der Waals surface area contributed by atoms with E-state index in [0.717, 1.165) is 12.5 Å². The molecular formula is C13H30N2. The van der Waals surface area contributed by atoms with Crippen molar-refractivity contribution >= 4 is 0 Å². The van der Waals surface area contributed by atoms with Crippen molar-refractivity contribution in [1.82, 2.24) is 10.2 Å². The molecule has 0 saturated carbocycles. The topological polar surface area (TPSA) is 15.3 Å². The first-order valence-electron chi connectivity index (χ1n) is 6.22. The molecule has 0 fully saturated rings. The van der Waals surface area contributed by atoms with Crippen LogP contribution in [-0.2, 0) is 0 Å². The second-order valence-corrected chi connectivity index (χ2v) is 5.90. The van der Waals surface area contributed by atoms with Crippen LogP contribution in [0.2, 0.25) is 0 Å². The van der Waals surface area contributed by atoms with E-state index >= 15 is 0 Å². The van der Waals surface area contributed by atoms with Crippen LogP contribution in [0.5, 0.6) is 0 Å². The third-order valence-corrected chi connectivity index (χ3v) is 2.88. The zero-order chi connectivity index (χ0) is 11.9. The molecule has 0 rings (SSSR count). The molecular weight excluding hydrogens is 184 g/mol. The third kappa shape index (κ3) is 8.88. The van der Waals surface area contributed by atoms with Gasteiger partial charge in [0.1, 0.15) is 0 Å². The second kappa shape index (κ2) is 7.24. The number of hydrogen-bond acceptors (Lipinski definition) is 2. The lowest BCUT2D eigenvalue weighted by atomic mass is 9.92. The van der Waals surface area contributed by atoms with Gasteiger partial charge in [-0.25, -0.2) is 0 Å². The van der Waals surface area contributed by atoms with E-state index < -0.39 is 0 Å². The van der Waals surface area contributed by atoms with Crippen molar-refractivity contribution in [2.24, 2.45) is 11.3 Å². The van der Waals surface area contributed by atoms with Crippen LogP contribution in [0.3, 0.4) is 0 Å². The van der Waals surface area contributed by atoms with Gasteiger partial charge in [-0.05, 0) is 44.9 Å². The minimum Gasteiger partial charge on any atom is -0.319 e. The van der Waals surface area contributed by atoms with Crippen LogP contribution >= 0.6 is 0 Å². The zero-order valence-corrected chi connectivity index (χ0v) is 11.6. The molecule has 0 aliphatic heterocycles. The normalized spacial score (nSPS) is 14.6. The predicted octanol–water partition coefficient (Wildman–Crippen LogP) is 2.60. The van der Waals surface area contributed by atoms with Crippen molar-refractivity contribution in [3.8, 4) is 0 Å². The van der Waals surface area contributed by atoms with Crippen LogP contribution in [0.1, 0.15) is 40.5 Å². The van der Waals surface area contributed by atoms with E-state index in [9.17, 15) is 0 Å². The Balaban J connectivity index is 3.75. The van der Waals surface area contributed by atoms with Gasteiger partial charge in [-0.3, -0.25) is 0 Å². The smallest absolute Gasteiger partial charge is 0.00186 e. The molecule has 0 aliphatic rings. The summed E-state index contributed by atoms with van der Waals surface area (Å²) >= 11 is 0. The molecule has 0 aromatic heterocycles. The number of nitrogens with zero attached hydrogens (tertiary/aromatic N) is 1. The molecule has 0 aromatic rings. The van der Waals surface area contributed by atoms with Gasteiger partial charge in [0, 0.05) is 6.54 Å². The van der Waals surface area contributed by atoms with Crippen molar-refractivity contribution < 1.29 is 0 Å². The fourth-order valence-corrected chi connectivity index (χ4v) is 1.68. The van der Waals surface area contributed by atoms with Crippen LogP contribution < -0.4 is 5.32 Å². The third-order valence-electron chi connectivity index (χ3n) is 2.88. The van der Waals surface area contributed by atoms with E-state index in [1.54, 1.807) is 0 Å². The highest BCUT2D eigenvalue weighted by molar-refractivity contribution is 4.68. The monoisotopic (exact) mass is 214 g/mol. The molecule has 1 unspecified atom stereocenters. The summed E-state index contributed by atoms with van der Waals surface area (Å²) < 4.78 is 0. The summed E-state index contributed by atoms with van der Waals surface area (Å²) in [5, 5.41) is 3.27. The van der Waals surface area contributed by atoms with Crippen LogP contribution in [-0.4, -0.2) is 38.6 Å². The highest BCUT2D eigenvalue weighted by Crippen LogP contribution is 2.18. The van der Waals surface area contributed by atoms with Crippen LogP contribution in [0.15, 0.2) is 0 Å². The Labute approximate surface area is 96.4 Å². The van der Waals surface area contributed by atoms with E-state index in [2.05, 4.69) is 45.0 Å². The summed E-state index contributed by atoms with van der Waals surface area (Å²) in [7, 11) is 4.28. The van der Waals surface area contributed by atoms with Crippen LogP contribution in [0, 0.1) is 11.3 Å². The minimum atomic E-state index is 0.457. The van der Waals surface area contributed by atoms with Crippen molar-refractivity contribution in [2.75, 3.05) is 33.7 Å². The minimum absolute atomic E-state index is 0.457. The summed E-state index contributed by atoms with van der Waals surface area (Å²) in [5.41, 5.74) is 0.457. The molecule has 0 aliphatic carbocycles. The molecule has 0 aromatic carbocycles. The van der Waals surface area contributed by atoms with Gasteiger partial charge in [0.15, 0.2) is 0 Å². The van der Waals surface area contributed by atoms with E-state index in [0.29, 0.717) is 5.41 Å². The molecule has 0 heterocycles. The highest BCUT2D eigenvalue weighted by Gasteiger charge is 2.13. The Morgan fingerprint density at radius 2 is 1.87 bits per heavy atom. The van der Waals surface area contributed by atoms with Gasteiger partial charge in [0.05, 0.1) is 0 Å². The summed E-state index contributed by atoms with van der Waals surface area (Å²) in [6.45, 7) is 12.8. The van der Waals surface area contributed by atoms with Crippen molar-refractivity contribution in [1.29, 1.82) is 0 Å². The first kappa shape index (κ1) is 14.9. The molecule has 0 radical (unpaired) electrons. The number of hydrogen-bond donors (Lipinski definition) is 1. The lowest BCUT2D eigenvalue weighted by Crippen LogP contribution is -2.32. The highest BCUT2D eigenvalue weighted by atomic mass is 15.1. The van der Waals surface area contributed by atoms with Crippen molar-refractivity contribution in [3.05, 3.63) is 0 Å². The van der Waals surface area contributed by atoms with Gasteiger partial charge in [-0.1, -0.05) is 34.1 Å². The maximum absolute atomic E-state index is 3.27. The summed E-state index contributed by atoms with van der Waals surface area (Å²) in [5.74, 6) is 0.792. The Morgan fingerprint density at radius 3 is 2.27 bits per heavy atom. The fraction of sp³-hybridized carbons (Fsp3) is 1.00. The maximum Gasteiger partial charge on any atom is 0.00186 e. The average molecular weight is 214 g/mol. The first-order valence-corrected chi connectivity index (χ1v) is 6.22. The Bertz CT molecular complexity index is 149. The molecule has 0 bridgehead atoms. The van der Waals surface area contributed by atoms with Gasteiger partial charge in [0.25, 0.3) is 0 Å². The zero-order valence-electron chi connectivity index (χ0n) is 11.6. The maximum atomic E-state index is 3.27. The fourth-order valence-electron chi connectivity index (χ4n) is 1.68. The standard InChI is InChI=1S/C13H30N2/c1-7-12(10-14-5)11-15(6)9-8-13(2,3)4/h12,14H,7-11H2,1-6H3. The number of rotatable bonds is 7. The van der Waals surface area contributed by atoms with Crippen LogP contribution in [0.25, 0.3) is 0 Å². The molecule has 15 heavy (non-hydrogen) atoms. The lowest BCUT2D eigenvalue weighted by molar-refractivity contribution is 0.229. The summed E-state index contributed by atoms with van der Waals surface area (Å²) in [6.07, 6.45) is 2.54. The van der Waals surface area contributed by atoms with Crippen molar-refractivity contribution in [2.45, 2.75) is 40.5 Å². The SMILES string of the molecule is CCC(CNC)CN(C)CCC(C)(C)C. The summed E-state index contributed by atoms with van der Waals surface area (Å²) in [6, 6.07) is 0. The van der Waals surface area contributed by atoms with Crippen molar-refractivity contribution in [3.63, 3.8) is 0 Å². The van der Waals surface area contributed by atoms with Crippen LogP contribution in [0.4, 0.5) is 0 Å². The molecule has 0 amide bonds. The van der Waals surface area contributed by atoms with E-state index in [4.69, 9.17) is 0 Å². The second-order valence-electron chi connectivity index (χ2n) is 5.90. The Morgan fingerprint density at radius 1 is 1.27 bits per heavy atom. The van der Waals surface area contributed by atoms with Gasteiger partial charge in [-0.15, -0.1) is 0 Å². The van der Waals surface area contributed by atoms with E-state index in [1.807, 2.05) is 7.05 Å². The molecule has 0 saturated heterocycles. The molecule has 2 heteroatoms. The van der Waals surface area contributed by atoms with Gasteiger partial charge in [-0.2, -0.15) is 0 Å². The number of nitrogens with one attached hydrogen (secondary N) is 1. The molecule has 1 atom stereocenters. The first-order chi connectivity index (χ1) is 6.89. The molecule has 1 N–H and O–H groups in total. The molecule has 92 valence electrons. The predicted molar refractivity (Wildman–Crippen MR) is 69.3 cm³/mol. The Kier molecular flexibility index (Phi) is 7.20. The quantitative estimate of drug-likeness (QED) is 0.701. The summed E-state index contributed by atoms with van der Waals surface area (Å²) in [4.78, 5) is 2.47. The van der Waals surface area contributed by atoms with E-state index in [1.165, 1.54) is 25.9 Å². The molecule has 2 nitrogen and oxygen atoms in total. The van der Waals surface area contributed by atoms with Gasteiger partial charge < -0.3 is 10.2 Å². The van der Waals surface area contributed by atoms with Gasteiger partial charge in [0.2, 0.25) is 0 Å². The Hall–Kier alpha value is -0.0800. The average Bonchev–Trinajstić information content (AvgIpc) is 2.13. The molecule has 0 spiro atoms. The van der Waals surface area contributed by atoms with Gasteiger partial charge >= 0.3 is 0 Å².